The Morgan fingerprint density at radius 2 is 2.19 bits per heavy atom. The highest BCUT2D eigenvalue weighted by Gasteiger charge is 2.32. The molecule has 0 unspecified atom stereocenters. The van der Waals surface area contributed by atoms with Gasteiger partial charge in [-0.3, -0.25) is 4.90 Å². The predicted octanol–water partition coefficient (Wildman–Crippen LogP) is 2.69. The number of carbonyl (C=O) groups excluding carboxylic acids is 1. The zero-order valence-electron chi connectivity index (χ0n) is 9.41. The van der Waals surface area contributed by atoms with E-state index in [9.17, 15) is 4.79 Å². The Kier molecular flexibility index (Phi) is 2.69. The molecule has 16 heavy (non-hydrogen) atoms. The number of hydrogen-bond donors (Lipinski definition) is 0. The fourth-order valence-electron chi connectivity index (χ4n) is 1.47. The molecule has 1 aromatic heterocycles. The number of amides is 1. The van der Waals surface area contributed by atoms with Gasteiger partial charge >= 0.3 is 6.09 Å². The lowest BCUT2D eigenvalue weighted by molar-refractivity contribution is 0.0230. The zero-order valence-corrected chi connectivity index (χ0v) is 11.0. The van der Waals surface area contributed by atoms with Crippen molar-refractivity contribution in [2.75, 3.05) is 0 Å². The Balaban J connectivity index is 2.04. The molecule has 0 spiro atoms. The third kappa shape index (κ3) is 2.21. The van der Waals surface area contributed by atoms with Crippen LogP contribution in [-0.4, -0.2) is 21.8 Å². The second-order valence-electron chi connectivity index (χ2n) is 4.71. The molecule has 0 bridgehead atoms. The van der Waals surface area contributed by atoms with E-state index in [4.69, 9.17) is 9.26 Å². The molecule has 0 radical (unpaired) electrons. The van der Waals surface area contributed by atoms with E-state index in [1.165, 1.54) is 0 Å². The smallest absolute Gasteiger partial charge is 0.411 e. The molecule has 1 aliphatic rings. The van der Waals surface area contributed by atoms with Crippen molar-refractivity contribution in [2.45, 2.75) is 39.5 Å². The molecule has 1 aliphatic heterocycles. The second kappa shape index (κ2) is 3.76. The third-order valence-electron chi connectivity index (χ3n) is 2.16. The normalized spacial score (nSPS) is 15.1. The number of halogens is 1. The molecular formula is C10H13BrN2O3. The first kappa shape index (κ1) is 11.4. The molecule has 0 fully saturated rings. The van der Waals surface area contributed by atoms with Crippen LogP contribution in [-0.2, 0) is 17.8 Å². The van der Waals surface area contributed by atoms with Gasteiger partial charge in [0, 0.05) is 0 Å². The van der Waals surface area contributed by atoms with Crippen molar-refractivity contribution in [3.63, 3.8) is 0 Å². The van der Waals surface area contributed by atoms with Crippen LogP contribution in [0.2, 0.25) is 0 Å². The Hall–Kier alpha value is -1.04. The van der Waals surface area contributed by atoms with Gasteiger partial charge in [0.1, 0.15) is 5.60 Å². The molecular weight excluding hydrogens is 276 g/mol. The quantitative estimate of drug-likeness (QED) is 0.737. The maximum Gasteiger partial charge on any atom is 0.411 e. The fourth-order valence-corrected chi connectivity index (χ4v) is 1.89. The minimum Gasteiger partial charge on any atom is -0.444 e. The largest absolute Gasteiger partial charge is 0.444 e. The number of ether oxygens (including phenoxy) is 1. The van der Waals surface area contributed by atoms with Gasteiger partial charge in [0.05, 0.1) is 18.7 Å². The standard InChI is InChI=1S/C10H13BrN2O3/c1-10(2,3)15-9(14)13-4-6-7(5-13)16-12-8(6)11/h4-5H2,1-3H3. The summed E-state index contributed by atoms with van der Waals surface area (Å²) in [4.78, 5) is 13.4. The minimum atomic E-state index is -0.476. The van der Waals surface area contributed by atoms with E-state index in [1.54, 1.807) is 4.90 Å². The van der Waals surface area contributed by atoms with Crippen LogP contribution in [0.4, 0.5) is 4.79 Å². The highest BCUT2D eigenvalue weighted by Crippen LogP contribution is 2.29. The Morgan fingerprint density at radius 1 is 1.50 bits per heavy atom. The molecule has 0 saturated heterocycles. The van der Waals surface area contributed by atoms with E-state index in [1.807, 2.05) is 20.8 Å². The summed E-state index contributed by atoms with van der Waals surface area (Å²) >= 11 is 3.27. The lowest BCUT2D eigenvalue weighted by Crippen LogP contribution is -2.33. The fraction of sp³-hybridized carbons (Fsp3) is 0.600. The van der Waals surface area contributed by atoms with Crippen molar-refractivity contribution < 1.29 is 14.1 Å². The Labute approximate surface area is 102 Å². The number of fused-ring (bicyclic) bond motifs is 1. The maximum absolute atomic E-state index is 11.8. The van der Waals surface area contributed by atoms with Crippen LogP contribution in [0.3, 0.4) is 0 Å². The maximum atomic E-state index is 11.8. The number of nitrogens with zero attached hydrogens (tertiary/aromatic N) is 2. The van der Waals surface area contributed by atoms with Crippen LogP contribution in [0.1, 0.15) is 32.1 Å². The lowest BCUT2D eigenvalue weighted by Gasteiger charge is -2.23. The van der Waals surface area contributed by atoms with Gasteiger partial charge in [0.25, 0.3) is 0 Å². The van der Waals surface area contributed by atoms with E-state index >= 15 is 0 Å². The van der Waals surface area contributed by atoms with Crippen LogP contribution in [0, 0.1) is 0 Å². The first-order valence-corrected chi connectivity index (χ1v) is 5.77. The van der Waals surface area contributed by atoms with E-state index in [-0.39, 0.29) is 6.09 Å². The molecule has 0 N–H and O–H groups in total. The van der Waals surface area contributed by atoms with Gasteiger partial charge in [-0.15, -0.1) is 0 Å². The van der Waals surface area contributed by atoms with Gasteiger partial charge in [-0.05, 0) is 36.7 Å². The van der Waals surface area contributed by atoms with Crippen molar-refractivity contribution >= 4 is 22.0 Å². The summed E-state index contributed by atoms with van der Waals surface area (Å²) in [6.07, 6.45) is -0.328. The summed E-state index contributed by atoms with van der Waals surface area (Å²) in [5, 5.41) is 3.77. The summed E-state index contributed by atoms with van der Waals surface area (Å²) in [6.45, 7) is 6.43. The van der Waals surface area contributed by atoms with Crippen LogP contribution >= 0.6 is 15.9 Å². The molecule has 2 heterocycles. The van der Waals surface area contributed by atoms with Crippen molar-refractivity contribution in [3.8, 4) is 0 Å². The molecule has 0 aliphatic carbocycles. The van der Waals surface area contributed by atoms with Gasteiger partial charge in [0.2, 0.25) is 0 Å². The van der Waals surface area contributed by atoms with Crippen molar-refractivity contribution in [3.05, 3.63) is 15.9 Å². The highest BCUT2D eigenvalue weighted by molar-refractivity contribution is 9.10. The third-order valence-corrected chi connectivity index (χ3v) is 2.78. The van der Waals surface area contributed by atoms with Crippen LogP contribution in [0.5, 0.6) is 0 Å². The molecule has 88 valence electrons. The zero-order chi connectivity index (χ0) is 11.9. The number of hydrogen-bond acceptors (Lipinski definition) is 4. The molecule has 0 atom stereocenters. The molecule has 1 amide bonds. The molecule has 1 aromatic rings. The number of aromatic nitrogens is 1. The van der Waals surface area contributed by atoms with E-state index < -0.39 is 5.60 Å². The molecule has 2 rings (SSSR count). The monoisotopic (exact) mass is 288 g/mol. The number of carbonyl (C=O) groups is 1. The van der Waals surface area contributed by atoms with Gasteiger partial charge in [-0.1, -0.05) is 5.16 Å². The van der Waals surface area contributed by atoms with Gasteiger partial charge in [0.15, 0.2) is 10.4 Å². The lowest BCUT2D eigenvalue weighted by atomic mass is 10.2. The van der Waals surface area contributed by atoms with Gasteiger partial charge in [-0.25, -0.2) is 4.79 Å². The van der Waals surface area contributed by atoms with E-state index in [2.05, 4.69) is 21.1 Å². The van der Waals surface area contributed by atoms with Crippen LogP contribution in [0.15, 0.2) is 9.13 Å². The molecule has 0 aromatic carbocycles. The van der Waals surface area contributed by atoms with E-state index in [0.717, 1.165) is 11.3 Å². The first-order chi connectivity index (χ1) is 7.37. The van der Waals surface area contributed by atoms with Crippen LogP contribution < -0.4 is 0 Å². The van der Waals surface area contributed by atoms with Crippen molar-refractivity contribution in [1.82, 2.24) is 10.1 Å². The summed E-state index contributed by atoms with van der Waals surface area (Å²) < 4.78 is 11.0. The summed E-state index contributed by atoms with van der Waals surface area (Å²) in [6, 6.07) is 0. The molecule has 0 saturated carbocycles. The van der Waals surface area contributed by atoms with Gasteiger partial charge < -0.3 is 9.26 Å². The summed E-state index contributed by atoms with van der Waals surface area (Å²) in [7, 11) is 0. The topological polar surface area (TPSA) is 55.6 Å². The molecule has 5 nitrogen and oxygen atoms in total. The average molecular weight is 289 g/mol. The van der Waals surface area contributed by atoms with Crippen molar-refractivity contribution in [1.29, 1.82) is 0 Å². The van der Waals surface area contributed by atoms with Crippen LogP contribution in [0.25, 0.3) is 0 Å². The summed E-state index contributed by atoms with van der Waals surface area (Å²) in [5.74, 6) is 0.720. The predicted molar refractivity (Wildman–Crippen MR) is 59.7 cm³/mol. The highest BCUT2D eigenvalue weighted by atomic mass is 79.9. The Bertz CT molecular complexity index is 422. The first-order valence-electron chi connectivity index (χ1n) is 4.97. The minimum absolute atomic E-state index is 0.328. The molecule has 6 heteroatoms. The summed E-state index contributed by atoms with van der Waals surface area (Å²) in [5.41, 5.74) is 0.446. The van der Waals surface area contributed by atoms with E-state index in [0.29, 0.717) is 17.7 Å². The SMILES string of the molecule is CC(C)(C)OC(=O)N1Cc2onc(Br)c2C1. The average Bonchev–Trinajstić information content (AvgIpc) is 2.65. The van der Waals surface area contributed by atoms with Crippen molar-refractivity contribution in [2.24, 2.45) is 0 Å². The van der Waals surface area contributed by atoms with Gasteiger partial charge in [-0.2, -0.15) is 0 Å². The number of rotatable bonds is 0. The Morgan fingerprint density at radius 3 is 2.75 bits per heavy atom. The second-order valence-corrected chi connectivity index (χ2v) is 5.46.